The smallest absolute Gasteiger partial charge is 0.324 e. The highest BCUT2D eigenvalue weighted by molar-refractivity contribution is 6.01. The number of amides is 3. The summed E-state index contributed by atoms with van der Waals surface area (Å²) < 4.78 is 6.60. The van der Waals surface area contributed by atoms with Gasteiger partial charge >= 0.3 is 12.0 Å². The molecule has 0 atom stereocenters. The fourth-order valence-electron chi connectivity index (χ4n) is 2.73. The first-order valence-electron chi connectivity index (χ1n) is 8.18. The molecule has 1 fully saturated rings. The minimum Gasteiger partial charge on any atom is -0.459 e. The van der Waals surface area contributed by atoms with Gasteiger partial charge in [-0.05, 0) is 25.5 Å². The molecule has 136 valence electrons. The third-order valence-electron chi connectivity index (χ3n) is 4.01. The number of carbonyl (C=O) groups excluding carboxylic acids is 3. The predicted octanol–water partition coefficient (Wildman–Crippen LogP) is 0.378. The van der Waals surface area contributed by atoms with Crippen LogP contribution in [0.15, 0.2) is 29.1 Å². The maximum Gasteiger partial charge on any atom is 0.324 e. The number of carbonyl (C=O) groups is 3. The molecule has 0 unspecified atom stereocenters. The maximum atomic E-state index is 12.2. The second-order valence-corrected chi connectivity index (χ2v) is 5.91. The summed E-state index contributed by atoms with van der Waals surface area (Å²) >= 11 is 0. The second-order valence-electron chi connectivity index (χ2n) is 5.91. The number of aromatic nitrogens is 2. The van der Waals surface area contributed by atoms with Gasteiger partial charge < -0.3 is 10.1 Å². The lowest BCUT2D eigenvalue weighted by molar-refractivity contribution is -0.145. The van der Waals surface area contributed by atoms with Crippen molar-refractivity contribution in [2.75, 3.05) is 13.1 Å². The van der Waals surface area contributed by atoms with Gasteiger partial charge in [0.1, 0.15) is 12.3 Å². The Morgan fingerprint density at radius 2 is 2.12 bits per heavy atom. The summed E-state index contributed by atoms with van der Waals surface area (Å²) in [5.41, 5.74) is 1.38. The van der Waals surface area contributed by atoms with E-state index in [1.807, 2.05) is 0 Å². The van der Waals surface area contributed by atoms with E-state index < -0.39 is 12.0 Å². The van der Waals surface area contributed by atoms with E-state index in [0.29, 0.717) is 17.8 Å². The quantitative estimate of drug-likeness (QED) is 0.590. The van der Waals surface area contributed by atoms with Crippen LogP contribution in [0.25, 0.3) is 5.65 Å². The van der Waals surface area contributed by atoms with E-state index in [-0.39, 0.29) is 37.6 Å². The largest absolute Gasteiger partial charge is 0.459 e. The van der Waals surface area contributed by atoms with Crippen LogP contribution < -0.4 is 10.9 Å². The Bertz CT molecular complexity index is 920. The molecule has 2 aromatic rings. The van der Waals surface area contributed by atoms with Crippen LogP contribution in [0.2, 0.25) is 0 Å². The lowest BCUT2D eigenvalue weighted by Gasteiger charge is -2.11. The molecule has 0 radical (unpaired) electrons. The minimum atomic E-state index is -0.483. The number of fused-ring (bicyclic) bond motifs is 1. The molecule has 9 heteroatoms. The summed E-state index contributed by atoms with van der Waals surface area (Å²) in [5, 5.41) is 2.41. The van der Waals surface area contributed by atoms with Crippen LogP contribution in [0, 0.1) is 6.92 Å². The van der Waals surface area contributed by atoms with Crippen LogP contribution >= 0.6 is 0 Å². The molecule has 1 N–H and O–H groups in total. The first-order chi connectivity index (χ1) is 12.5. The van der Waals surface area contributed by atoms with Crippen molar-refractivity contribution in [2.24, 2.45) is 0 Å². The van der Waals surface area contributed by atoms with Crippen LogP contribution in [-0.2, 0) is 20.9 Å². The Balaban J connectivity index is 1.53. The summed E-state index contributed by atoms with van der Waals surface area (Å²) in [6.45, 7) is 1.85. The summed E-state index contributed by atoms with van der Waals surface area (Å²) in [5.74, 6) is -0.789. The normalized spacial score (nSPS) is 14.0. The molecule has 1 saturated heterocycles. The van der Waals surface area contributed by atoms with E-state index in [0.717, 1.165) is 10.6 Å². The van der Waals surface area contributed by atoms with Crippen molar-refractivity contribution in [3.8, 4) is 0 Å². The zero-order chi connectivity index (χ0) is 18.7. The van der Waals surface area contributed by atoms with Crippen LogP contribution in [0.3, 0.4) is 0 Å². The monoisotopic (exact) mass is 358 g/mol. The zero-order valence-corrected chi connectivity index (χ0v) is 14.2. The summed E-state index contributed by atoms with van der Waals surface area (Å²) in [6, 6.07) is 6.20. The van der Waals surface area contributed by atoms with Crippen LogP contribution in [0.4, 0.5) is 4.79 Å². The standard InChI is InChI=1S/C17H18N4O5/c1-11-4-2-5-13-19-12(8-14(22)21(11)13)10-26-16(24)6-3-7-20-15(23)9-18-17(20)25/h2,4-5,8H,3,6-7,9-10H2,1H3,(H,18,25). The number of rotatable bonds is 6. The number of nitrogens with zero attached hydrogens (tertiary/aromatic N) is 3. The molecule has 0 saturated carbocycles. The number of nitrogens with one attached hydrogen (secondary N) is 1. The minimum absolute atomic E-state index is 0.00801. The van der Waals surface area contributed by atoms with E-state index in [4.69, 9.17) is 4.74 Å². The van der Waals surface area contributed by atoms with Gasteiger partial charge in [0.25, 0.3) is 5.56 Å². The highest BCUT2D eigenvalue weighted by Gasteiger charge is 2.27. The molecule has 0 aliphatic carbocycles. The number of pyridine rings is 1. The van der Waals surface area contributed by atoms with E-state index in [1.165, 1.54) is 10.5 Å². The first-order valence-corrected chi connectivity index (χ1v) is 8.18. The SMILES string of the molecule is Cc1cccc2nc(COC(=O)CCCN3C(=O)CNC3=O)cc(=O)n12. The molecule has 1 aliphatic rings. The van der Waals surface area contributed by atoms with Crippen LogP contribution in [0.1, 0.15) is 24.2 Å². The molecule has 0 bridgehead atoms. The maximum absolute atomic E-state index is 12.2. The van der Waals surface area contributed by atoms with Crippen molar-refractivity contribution in [1.29, 1.82) is 0 Å². The molecule has 1 aliphatic heterocycles. The highest BCUT2D eigenvalue weighted by atomic mass is 16.5. The van der Waals surface area contributed by atoms with Crippen molar-refractivity contribution >= 4 is 23.6 Å². The van der Waals surface area contributed by atoms with Gasteiger partial charge in [0, 0.05) is 24.7 Å². The van der Waals surface area contributed by atoms with Crippen LogP contribution in [0.5, 0.6) is 0 Å². The second kappa shape index (κ2) is 7.34. The Morgan fingerprint density at radius 1 is 1.31 bits per heavy atom. The van der Waals surface area contributed by atoms with Gasteiger partial charge in [-0.3, -0.25) is 23.7 Å². The van der Waals surface area contributed by atoms with Gasteiger partial charge in [-0.2, -0.15) is 0 Å². The molecule has 0 spiro atoms. The highest BCUT2D eigenvalue weighted by Crippen LogP contribution is 2.06. The lowest BCUT2D eigenvalue weighted by atomic mass is 10.3. The van der Waals surface area contributed by atoms with Gasteiger partial charge in [-0.15, -0.1) is 0 Å². The van der Waals surface area contributed by atoms with Crippen molar-refractivity contribution in [3.05, 3.63) is 46.0 Å². The van der Waals surface area contributed by atoms with E-state index in [2.05, 4.69) is 10.3 Å². The third kappa shape index (κ3) is 3.71. The van der Waals surface area contributed by atoms with Gasteiger partial charge in [0.15, 0.2) is 0 Å². The molecule has 2 aromatic heterocycles. The molecule has 26 heavy (non-hydrogen) atoms. The number of imide groups is 1. The Labute approximate surface area is 148 Å². The Hall–Kier alpha value is -3.23. The van der Waals surface area contributed by atoms with Gasteiger partial charge in [0.05, 0.1) is 12.2 Å². The number of hydrogen-bond donors (Lipinski definition) is 1. The van der Waals surface area contributed by atoms with E-state index >= 15 is 0 Å². The van der Waals surface area contributed by atoms with E-state index in [1.54, 1.807) is 25.1 Å². The predicted molar refractivity (Wildman–Crippen MR) is 90.3 cm³/mol. The Kier molecular flexibility index (Phi) is 4.97. The van der Waals surface area contributed by atoms with Gasteiger partial charge in [-0.1, -0.05) is 6.07 Å². The summed E-state index contributed by atoms with van der Waals surface area (Å²) in [6.07, 6.45) is 0.369. The molecular weight excluding hydrogens is 340 g/mol. The van der Waals surface area contributed by atoms with Crippen molar-refractivity contribution < 1.29 is 19.1 Å². The molecule has 3 rings (SSSR count). The first kappa shape index (κ1) is 17.6. The molecule has 9 nitrogen and oxygen atoms in total. The number of urea groups is 1. The third-order valence-corrected chi connectivity index (χ3v) is 4.01. The molecular formula is C17H18N4O5. The topological polar surface area (TPSA) is 110 Å². The van der Waals surface area contributed by atoms with Crippen molar-refractivity contribution in [2.45, 2.75) is 26.4 Å². The summed E-state index contributed by atoms with van der Waals surface area (Å²) in [7, 11) is 0. The average molecular weight is 358 g/mol. The number of esters is 1. The molecule has 3 heterocycles. The lowest BCUT2D eigenvalue weighted by Crippen LogP contribution is -2.32. The fraction of sp³-hybridized carbons (Fsp3) is 0.353. The number of aryl methyl sites for hydroxylation is 1. The van der Waals surface area contributed by atoms with Crippen molar-refractivity contribution in [3.63, 3.8) is 0 Å². The van der Waals surface area contributed by atoms with Crippen molar-refractivity contribution in [1.82, 2.24) is 19.6 Å². The number of ether oxygens (including phenoxy) is 1. The summed E-state index contributed by atoms with van der Waals surface area (Å²) in [4.78, 5) is 52.1. The molecule has 0 aromatic carbocycles. The number of hydrogen-bond acceptors (Lipinski definition) is 6. The van der Waals surface area contributed by atoms with E-state index in [9.17, 15) is 19.2 Å². The van der Waals surface area contributed by atoms with Gasteiger partial charge in [-0.25, -0.2) is 9.78 Å². The van der Waals surface area contributed by atoms with Gasteiger partial charge in [0.2, 0.25) is 5.91 Å². The fourth-order valence-corrected chi connectivity index (χ4v) is 2.73. The Morgan fingerprint density at radius 3 is 2.85 bits per heavy atom. The molecule has 3 amide bonds. The van der Waals surface area contributed by atoms with Crippen LogP contribution in [-0.4, -0.2) is 45.3 Å². The zero-order valence-electron chi connectivity index (χ0n) is 14.2. The average Bonchev–Trinajstić information content (AvgIpc) is 2.92.